The molecule has 1 fully saturated rings. The van der Waals surface area contributed by atoms with E-state index in [2.05, 4.69) is 0 Å². The van der Waals surface area contributed by atoms with Gasteiger partial charge in [0.1, 0.15) is 5.82 Å². The monoisotopic (exact) mass is 314 g/mol. The van der Waals surface area contributed by atoms with Crippen LogP contribution in [0.2, 0.25) is 0 Å². The van der Waals surface area contributed by atoms with Gasteiger partial charge in [-0.2, -0.15) is 0 Å². The van der Waals surface area contributed by atoms with Crippen molar-refractivity contribution in [3.63, 3.8) is 0 Å². The molecule has 23 heavy (non-hydrogen) atoms. The van der Waals surface area contributed by atoms with Gasteiger partial charge in [0.2, 0.25) is 0 Å². The Labute approximate surface area is 134 Å². The Hall–Kier alpha value is -2.43. The number of benzene rings is 1. The molecule has 1 saturated carbocycles. The first-order valence-corrected chi connectivity index (χ1v) is 7.86. The van der Waals surface area contributed by atoms with Crippen molar-refractivity contribution in [2.24, 2.45) is 5.92 Å². The first kappa shape index (κ1) is 15.5. The van der Waals surface area contributed by atoms with Crippen molar-refractivity contribution in [2.45, 2.75) is 19.8 Å². The zero-order valence-electron chi connectivity index (χ0n) is 13.0. The molecule has 120 valence electrons. The zero-order valence-corrected chi connectivity index (χ0v) is 13.0. The van der Waals surface area contributed by atoms with E-state index >= 15 is 0 Å². The van der Waals surface area contributed by atoms with Crippen LogP contribution in [0.1, 0.15) is 30.1 Å². The largest absolute Gasteiger partial charge is 0.339 e. The lowest BCUT2D eigenvalue weighted by Gasteiger charge is -2.21. The molecule has 1 aliphatic carbocycles. The average Bonchev–Trinajstić information content (AvgIpc) is 3.37. The molecule has 1 aromatic heterocycles. The van der Waals surface area contributed by atoms with Crippen LogP contribution >= 0.6 is 0 Å². The Balaban J connectivity index is 1.91. The third-order valence-electron chi connectivity index (χ3n) is 4.11. The van der Waals surface area contributed by atoms with Crippen molar-refractivity contribution < 1.29 is 9.18 Å². The molecular formula is C18H19FN2O2. The maximum absolute atomic E-state index is 13.0. The van der Waals surface area contributed by atoms with Gasteiger partial charge in [0.25, 0.3) is 11.5 Å². The van der Waals surface area contributed by atoms with Crippen LogP contribution in [0.15, 0.2) is 47.4 Å². The lowest BCUT2D eigenvalue weighted by Crippen LogP contribution is -2.33. The Morgan fingerprint density at radius 2 is 1.91 bits per heavy atom. The van der Waals surface area contributed by atoms with Gasteiger partial charge in [-0.1, -0.05) is 0 Å². The second-order valence-corrected chi connectivity index (χ2v) is 5.89. The predicted octanol–water partition coefficient (Wildman–Crippen LogP) is 2.85. The van der Waals surface area contributed by atoms with Gasteiger partial charge in [-0.3, -0.25) is 14.2 Å². The molecule has 0 spiro atoms. The van der Waals surface area contributed by atoms with E-state index in [1.54, 1.807) is 6.07 Å². The lowest BCUT2D eigenvalue weighted by molar-refractivity contribution is 0.0756. The Bertz CT molecular complexity index is 763. The van der Waals surface area contributed by atoms with Crippen LogP contribution in [0.3, 0.4) is 0 Å². The highest BCUT2D eigenvalue weighted by Crippen LogP contribution is 2.30. The number of hydrogen-bond donors (Lipinski definition) is 0. The molecule has 0 aliphatic heterocycles. The van der Waals surface area contributed by atoms with Gasteiger partial charge < -0.3 is 4.90 Å². The molecule has 0 bridgehead atoms. The first-order valence-electron chi connectivity index (χ1n) is 7.86. The number of carbonyl (C=O) groups is 1. The van der Waals surface area contributed by atoms with Gasteiger partial charge in [0, 0.05) is 31.0 Å². The van der Waals surface area contributed by atoms with Crippen molar-refractivity contribution >= 4 is 5.91 Å². The molecule has 0 unspecified atom stereocenters. The fourth-order valence-corrected chi connectivity index (χ4v) is 2.57. The third-order valence-corrected chi connectivity index (χ3v) is 4.11. The van der Waals surface area contributed by atoms with E-state index in [0.717, 1.165) is 6.54 Å². The number of amides is 1. The fourth-order valence-electron chi connectivity index (χ4n) is 2.57. The van der Waals surface area contributed by atoms with Gasteiger partial charge in [-0.25, -0.2) is 4.39 Å². The second-order valence-electron chi connectivity index (χ2n) is 5.89. The number of nitrogens with zero attached hydrogens (tertiary/aromatic N) is 2. The molecule has 0 atom stereocenters. The minimum absolute atomic E-state index is 0.0738. The smallest absolute Gasteiger partial charge is 0.255 e. The molecule has 1 aliphatic rings. The highest BCUT2D eigenvalue weighted by Gasteiger charge is 2.26. The van der Waals surface area contributed by atoms with Crippen molar-refractivity contribution in [3.05, 3.63) is 64.3 Å². The van der Waals surface area contributed by atoms with Crippen LogP contribution < -0.4 is 5.56 Å². The maximum Gasteiger partial charge on any atom is 0.255 e. The minimum Gasteiger partial charge on any atom is -0.339 e. The zero-order chi connectivity index (χ0) is 16.4. The summed E-state index contributed by atoms with van der Waals surface area (Å²) in [6.07, 6.45) is 3.89. The summed E-state index contributed by atoms with van der Waals surface area (Å²) in [6.45, 7) is 3.37. The van der Waals surface area contributed by atoms with E-state index in [9.17, 15) is 14.0 Å². The van der Waals surface area contributed by atoms with E-state index in [-0.39, 0.29) is 17.3 Å². The van der Waals surface area contributed by atoms with Crippen LogP contribution in [0.25, 0.3) is 5.69 Å². The van der Waals surface area contributed by atoms with E-state index in [0.29, 0.717) is 23.7 Å². The van der Waals surface area contributed by atoms with E-state index in [1.807, 2.05) is 11.8 Å². The number of hydrogen-bond acceptors (Lipinski definition) is 2. The Kier molecular flexibility index (Phi) is 4.28. The van der Waals surface area contributed by atoms with Crippen molar-refractivity contribution in [1.82, 2.24) is 9.47 Å². The van der Waals surface area contributed by atoms with Crippen molar-refractivity contribution in [3.8, 4) is 5.69 Å². The summed E-state index contributed by atoms with van der Waals surface area (Å²) < 4.78 is 14.4. The summed E-state index contributed by atoms with van der Waals surface area (Å²) in [5.41, 5.74) is 0.756. The van der Waals surface area contributed by atoms with Crippen LogP contribution in [-0.2, 0) is 0 Å². The molecule has 1 amide bonds. The number of carbonyl (C=O) groups excluding carboxylic acids is 1. The van der Waals surface area contributed by atoms with Gasteiger partial charge >= 0.3 is 0 Å². The molecule has 5 heteroatoms. The third kappa shape index (κ3) is 3.50. The van der Waals surface area contributed by atoms with Gasteiger partial charge in [-0.05, 0) is 56.0 Å². The van der Waals surface area contributed by atoms with Crippen molar-refractivity contribution in [2.75, 3.05) is 13.1 Å². The standard InChI is InChI=1S/C18H19FN2O2/c1-2-20(11-13-3-4-13)18(23)14-5-10-17(22)21(12-14)16-8-6-15(19)7-9-16/h5-10,12-13H,2-4,11H2,1H3. The molecule has 1 heterocycles. The van der Waals surface area contributed by atoms with Gasteiger partial charge in [0.05, 0.1) is 5.56 Å². The quantitative estimate of drug-likeness (QED) is 0.851. The summed E-state index contributed by atoms with van der Waals surface area (Å²) in [5.74, 6) is 0.174. The van der Waals surface area contributed by atoms with Crippen LogP contribution in [0.5, 0.6) is 0 Å². The van der Waals surface area contributed by atoms with Crippen LogP contribution in [-0.4, -0.2) is 28.5 Å². The van der Waals surface area contributed by atoms with Gasteiger partial charge in [0.15, 0.2) is 0 Å². The molecule has 1 aromatic carbocycles. The number of aromatic nitrogens is 1. The summed E-state index contributed by atoms with van der Waals surface area (Å²) in [5, 5.41) is 0. The summed E-state index contributed by atoms with van der Waals surface area (Å²) in [4.78, 5) is 26.5. The molecule has 0 saturated heterocycles. The molecule has 2 aromatic rings. The highest BCUT2D eigenvalue weighted by atomic mass is 19.1. The minimum atomic E-state index is -0.365. The van der Waals surface area contributed by atoms with E-state index < -0.39 is 0 Å². The van der Waals surface area contributed by atoms with Crippen LogP contribution in [0, 0.1) is 11.7 Å². The van der Waals surface area contributed by atoms with Crippen molar-refractivity contribution in [1.29, 1.82) is 0 Å². The van der Waals surface area contributed by atoms with Gasteiger partial charge in [-0.15, -0.1) is 0 Å². The second kappa shape index (κ2) is 6.36. The number of halogens is 1. The fraction of sp³-hybridized carbons (Fsp3) is 0.333. The van der Waals surface area contributed by atoms with E-state index in [1.165, 1.54) is 53.9 Å². The maximum atomic E-state index is 13.0. The molecule has 4 nitrogen and oxygen atoms in total. The highest BCUT2D eigenvalue weighted by molar-refractivity contribution is 5.94. The SMILES string of the molecule is CCN(CC1CC1)C(=O)c1ccc(=O)n(-c2ccc(F)cc2)c1. The summed E-state index contributed by atoms with van der Waals surface area (Å²) >= 11 is 0. The lowest BCUT2D eigenvalue weighted by atomic mass is 10.2. The molecular weight excluding hydrogens is 295 g/mol. The average molecular weight is 314 g/mol. The summed E-state index contributed by atoms with van der Waals surface area (Å²) in [6, 6.07) is 8.56. The molecule has 0 N–H and O–H groups in total. The normalized spacial score (nSPS) is 13.8. The Morgan fingerprint density at radius 1 is 1.22 bits per heavy atom. The van der Waals surface area contributed by atoms with E-state index in [4.69, 9.17) is 0 Å². The van der Waals surface area contributed by atoms with Crippen LogP contribution in [0.4, 0.5) is 4.39 Å². The topological polar surface area (TPSA) is 42.3 Å². The molecule has 3 rings (SSSR count). The Morgan fingerprint density at radius 3 is 2.52 bits per heavy atom. The number of pyridine rings is 1. The first-order chi connectivity index (χ1) is 11.1. The predicted molar refractivity (Wildman–Crippen MR) is 86.3 cm³/mol. The summed E-state index contributed by atoms with van der Waals surface area (Å²) in [7, 11) is 0. The molecule has 0 radical (unpaired) electrons. The number of rotatable bonds is 5.